The minimum absolute atomic E-state index is 0.00785. The molecule has 0 aliphatic rings. The molecule has 20 heavy (non-hydrogen) atoms. The lowest BCUT2D eigenvalue weighted by Gasteiger charge is -2.23. The van der Waals surface area contributed by atoms with Gasteiger partial charge in [0.05, 0.1) is 4.90 Å². The Morgan fingerprint density at radius 2 is 2.15 bits per heavy atom. The second-order valence-electron chi connectivity index (χ2n) is 4.74. The van der Waals surface area contributed by atoms with Gasteiger partial charge < -0.3 is 5.32 Å². The maximum Gasteiger partial charge on any atom is 0.244 e. The third-order valence-corrected chi connectivity index (χ3v) is 7.25. The monoisotopic (exact) mass is 336 g/mol. The number of nitrogens with zero attached hydrogens (tertiary/aromatic N) is 1. The summed E-state index contributed by atoms with van der Waals surface area (Å²) in [4.78, 5) is 2.38. The zero-order valence-electron chi connectivity index (χ0n) is 12.8. The predicted molar refractivity (Wildman–Crippen MR) is 89.2 cm³/mol. The molecule has 0 fully saturated rings. The van der Waals surface area contributed by atoms with Gasteiger partial charge >= 0.3 is 0 Å². The summed E-state index contributed by atoms with van der Waals surface area (Å²) in [6.45, 7) is 7.46. The van der Waals surface area contributed by atoms with Crippen molar-refractivity contribution in [2.75, 3.05) is 25.6 Å². The van der Waals surface area contributed by atoms with Gasteiger partial charge in [0.1, 0.15) is 0 Å². The molecule has 0 saturated carbocycles. The zero-order chi connectivity index (χ0) is 15.3. The molecule has 0 aromatic carbocycles. The minimum Gasteiger partial charge on any atom is -0.312 e. The van der Waals surface area contributed by atoms with Crippen LogP contribution in [0.2, 0.25) is 0 Å². The van der Waals surface area contributed by atoms with E-state index >= 15 is 0 Å². The summed E-state index contributed by atoms with van der Waals surface area (Å²) in [6.07, 6.45) is 1.99. The van der Waals surface area contributed by atoms with Crippen LogP contribution in [0.3, 0.4) is 0 Å². The third-order valence-electron chi connectivity index (χ3n) is 3.16. The van der Waals surface area contributed by atoms with Crippen molar-refractivity contribution in [3.05, 3.63) is 15.8 Å². The molecule has 0 spiro atoms. The molecule has 0 aliphatic carbocycles. The van der Waals surface area contributed by atoms with Gasteiger partial charge in [0.15, 0.2) is 0 Å². The highest BCUT2D eigenvalue weighted by molar-refractivity contribution is 7.98. The van der Waals surface area contributed by atoms with E-state index in [9.17, 15) is 8.42 Å². The Labute approximate surface area is 131 Å². The van der Waals surface area contributed by atoms with E-state index in [0.29, 0.717) is 4.90 Å². The van der Waals surface area contributed by atoms with Gasteiger partial charge in [0.25, 0.3) is 0 Å². The van der Waals surface area contributed by atoms with Gasteiger partial charge in [-0.05, 0) is 32.7 Å². The molecular formula is C13H24N2O2S3. The highest BCUT2D eigenvalue weighted by atomic mass is 32.2. The van der Waals surface area contributed by atoms with Crippen molar-refractivity contribution in [3.8, 4) is 0 Å². The van der Waals surface area contributed by atoms with E-state index in [4.69, 9.17) is 0 Å². The Morgan fingerprint density at radius 1 is 1.50 bits per heavy atom. The van der Waals surface area contributed by atoms with Crippen molar-refractivity contribution in [2.45, 2.75) is 38.3 Å². The molecule has 0 saturated heterocycles. The Hall–Kier alpha value is -0.0800. The number of rotatable bonds is 8. The predicted octanol–water partition coefficient (Wildman–Crippen LogP) is 2.54. The Bertz CT molecular complexity index is 526. The normalized spacial score (nSPS) is 13.9. The number of hydrogen-bond acceptors (Lipinski definition) is 5. The molecule has 116 valence electrons. The first-order valence-electron chi connectivity index (χ1n) is 6.61. The zero-order valence-corrected chi connectivity index (χ0v) is 15.2. The molecule has 1 heterocycles. The average molecular weight is 337 g/mol. The molecule has 0 aliphatic heterocycles. The average Bonchev–Trinajstić information content (AvgIpc) is 2.77. The molecule has 0 amide bonds. The topological polar surface area (TPSA) is 49.4 Å². The summed E-state index contributed by atoms with van der Waals surface area (Å²) in [5.41, 5.74) is 0. The SMILES string of the molecule is CCNCc1cc(S(=O)(=O)N(C)C(C)CSC)c(C)s1. The van der Waals surface area contributed by atoms with Crippen molar-refractivity contribution >= 4 is 33.1 Å². The van der Waals surface area contributed by atoms with Gasteiger partial charge in [-0.25, -0.2) is 8.42 Å². The van der Waals surface area contributed by atoms with Gasteiger partial charge in [-0.3, -0.25) is 0 Å². The molecular weight excluding hydrogens is 312 g/mol. The summed E-state index contributed by atoms with van der Waals surface area (Å²) < 4.78 is 26.8. The lowest BCUT2D eigenvalue weighted by Crippen LogP contribution is -2.36. The maximum absolute atomic E-state index is 12.7. The van der Waals surface area contributed by atoms with Gasteiger partial charge in [-0.2, -0.15) is 16.1 Å². The second-order valence-corrected chi connectivity index (χ2v) is 8.96. The molecule has 1 rings (SSSR count). The van der Waals surface area contributed by atoms with Crippen LogP contribution in [0.4, 0.5) is 0 Å². The molecule has 7 heteroatoms. The van der Waals surface area contributed by atoms with Crippen molar-refractivity contribution in [1.82, 2.24) is 9.62 Å². The largest absolute Gasteiger partial charge is 0.312 e. The Kier molecular flexibility index (Phi) is 7.00. The first-order chi connectivity index (χ1) is 9.34. The standard InChI is InChI=1S/C13H24N2O2S3/c1-6-14-8-12-7-13(11(3)19-12)20(16,17)15(4)10(2)9-18-5/h7,10,14H,6,8-9H2,1-5H3. The fraction of sp³-hybridized carbons (Fsp3) is 0.692. The van der Waals surface area contributed by atoms with Crippen molar-refractivity contribution in [3.63, 3.8) is 0 Å². The van der Waals surface area contributed by atoms with E-state index in [0.717, 1.165) is 28.6 Å². The van der Waals surface area contributed by atoms with Crippen LogP contribution >= 0.6 is 23.1 Å². The van der Waals surface area contributed by atoms with Gasteiger partial charge in [-0.15, -0.1) is 11.3 Å². The highest BCUT2D eigenvalue weighted by Crippen LogP contribution is 2.28. The van der Waals surface area contributed by atoms with Gasteiger partial charge in [-0.1, -0.05) is 6.92 Å². The summed E-state index contributed by atoms with van der Waals surface area (Å²) in [5, 5.41) is 3.23. The van der Waals surface area contributed by atoms with Crippen molar-refractivity contribution < 1.29 is 8.42 Å². The van der Waals surface area contributed by atoms with E-state index in [1.54, 1.807) is 36.2 Å². The number of thiophene rings is 1. The molecule has 0 radical (unpaired) electrons. The number of aryl methyl sites for hydroxylation is 1. The quantitative estimate of drug-likeness (QED) is 0.792. The van der Waals surface area contributed by atoms with Gasteiger partial charge in [0.2, 0.25) is 10.0 Å². The number of hydrogen-bond donors (Lipinski definition) is 1. The minimum atomic E-state index is -3.39. The number of thioether (sulfide) groups is 1. The van der Waals surface area contributed by atoms with E-state index in [1.165, 1.54) is 4.31 Å². The third kappa shape index (κ3) is 4.21. The lowest BCUT2D eigenvalue weighted by atomic mass is 10.4. The molecule has 1 N–H and O–H groups in total. The van der Waals surface area contributed by atoms with Crippen LogP contribution in [0.15, 0.2) is 11.0 Å². The summed E-state index contributed by atoms with van der Waals surface area (Å²) in [5.74, 6) is 0.795. The van der Waals surface area contributed by atoms with Crippen LogP contribution in [0, 0.1) is 6.92 Å². The summed E-state index contributed by atoms with van der Waals surface area (Å²) in [6, 6.07) is 1.80. The van der Waals surface area contributed by atoms with Gasteiger partial charge in [0, 0.05) is 35.1 Å². The maximum atomic E-state index is 12.7. The Morgan fingerprint density at radius 3 is 2.70 bits per heavy atom. The number of sulfonamides is 1. The molecule has 1 aromatic heterocycles. The molecule has 0 bridgehead atoms. The van der Waals surface area contributed by atoms with E-state index in [2.05, 4.69) is 5.32 Å². The second kappa shape index (κ2) is 7.79. The van der Waals surface area contributed by atoms with E-state index in [-0.39, 0.29) is 6.04 Å². The van der Waals surface area contributed by atoms with E-state index < -0.39 is 10.0 Å². The smallest absolute Gasteiger partial charge is 0.244 e. The fourth-order valence-electron chi connectivity index (χ4n) is 1.85. The van der Waals surface area contributed by atoms with Crippen LogP contribution in [0.5, 0.6) is 0 Å². The van der Waals surface area contributed by atoms with Crippen LogP contribution in [0.25, 0.3) is 0 Å². The van der Waals surface area contributed by atoms with E-state index in [1.807, 2.05) is 27.0 Å². The molecule has 1 atom stereocenters. The van der Waals surface area contributed by atoms with Crippen LogP contribution < -0.4 is 5.32 Å². The lowest BCUT2D eigenvalue weighted by molar-refractivity contribution is 0.415. The van der Waals surface area contributed by atoms with Crippen LogP contribution in [-0.2, 0) is 16.6 Å². The Balaban J connectivity index is 3.00. The summed E-state index contributed by atoms with van der Waals surface area (Å²) in [7, 11) is -1.73. The highest BCUT2D eigenvalue weighted by Gasteiger charge is 2.28. The molecule has 1 aromatic rings. The van der Waals surface area contributed by atoms with Crippen LogP contribution in [-0.4, -0.2) is 44.4 Å². The summed E-state index contributed by atoms with van der Waals surface area (Å²) >= 11 is 3.21. The molecule has 4 nitrogen and oxygen atoms in total. The number of nitrogens with one attached hydrogen (secondary N) is 1. The van der Waals surface area contributed by atoms with Crippen molar-refractivity contribution in [2.24, 2.45) is 0 Å². The fourth-order valence-corrected chi connectivity index (χ4v) is 5.59. The van der Waals surface area contributed by atoms with Crippen LogP contribution in [0.1, 0.15) is 23.6 Å². The first kappa shape index (κ1) is 18.0. The first-order valence-corrected chi connectivity index (χ1v) is 10.3. The molecule has 1 unspecified atom stereocenters. The van der Waals surface area contributed by atoms with Crippen molar-refractivity contribution in [1.29, 1.82) is 0 Å².